The third-order valence-corrected chi connectivity index (χ3v) is 4.42. The average molecular weight is 279 g/mol. The minimum absolute atomic E-state index is 0.0704. The van der Waals surface area contributed by atoms with Crippen molar-refractivity contribution in [2.75, 3.05) is 5.75 Å². The third-order valence-electron chi connectivity index (χ3n) is 2.77. The monoisotopic (exact) mass is 279 g/mol. The summed E-state index contributed by atoms with van der Waals surface area (Å²) in [5.74, 6) is -1.08. The number of fused-ring (bicyclic) bond motifs is 1. The molecule has 0 aromatic heterocycles. The summed E-state index contributed by atoms with van der Waals surface area (Å²) in [6.45, 7) is 1.70. The summed E-state index contributed by atoms with van der Waals surface area (Å²) < 4.78 is 23.9. The van der Waals surface area contributed by atoms with Gasteiger partial charge in [0, 0.05) is 5.56 Å². The van der Waals surface area contributed by atoms with Crippen molar-refractivity contribution in [1.29, 1.82) is 0 Å². The lowest BCUT2D eigenvalue weighted by Crippen LogP contribution is -2.24. The molecule has 1 aromatic carbocycles. The Labute approximate surface area is 110 Å². The van der Waals surface area contributed by atoms with Crippen LogP contribution in [-0.4, -0.2) is 26.0 Å². The van der Waals surface area contributed by atoms with E-state index in [0.717, 1.165) is 0 Å². The summed E-state index contributed by atoms with van der Waals surface area (Å²) >= 11 is 0. The Morgan fingerprint density at radius 3 is 2.63 bits per heavy atom. The van der Waals surface area contributed by atoms with E-state index in [4.69, 9.17) is 11.5 Å². The first-order chi connectivity index (χ1) is 8.81. The zero-order valence-corrected chi connectivity index (χ0v) is 11.1. The molecule has 19 heavy (non-hydrogen) atoms. The maximum absolute atomic E-state index is 11.9. The molecule has 4 N–H and O–H groups in total. The van der Waals surface area contributed by atoms with Crippen LogP contribution in [0.15, 0.2) is 28.1 Å². The van der Waals surface area contributed by atoms with Crippen molar-refractivity contribution < 1.29 is 13.2 Å². The van der Waals surface area contributed by atoms with Gasteiger partial charge in [0.15, 0.2) is 15.8 Å². The minimum Gasteiger partial charge on any atom is -0.370 e. The van der Waals surface area contributed by atoms with Crippen LogP contribution in [-0.2, 0) is 9.84 Å². The number of sulfone groups is 1. The number of carbonyl (C=O) groups is 1. The number of benzene rings is 1. The van der Waals surface area contributed by atoms with Crippen LogP contribution in [0.4, 0.5) is 0 Å². The van der Waals surface area contributed by atoms with Crippen LogP contribution in [0, 0.1) is 6.92 Å². The highest BCUT2D eigenvalue weighted by Gasteiger charge is 2.23. The van der Waals surface area contributed by atoms with Crippen molar-refractivity contribution in [2.24, 2.45) is 16.5 Å². The normalized spacial score (nSPS) is 15.6. The van der Waals surface area contributed by atoms with Crippen molar-refractivity contribution in [3.63, 3.8) is 0 Å². The molecule has 6 nitrogen and oxygen atoms in total. The number of amides is 1. The fourth-order valence-corrected chi connectivity index (χ4v) is 3.22. The molecule has 0 atom stereocenters. The molecule has 2 rings (SSSR count). The van der Waals surface area contributed by atoms with E-state index in [0.29, 0.717) is 11.1 Å². The van der Waals surface area contributed by atoms with Crippen molar-refractivity contribution in [3.05, 3.63) is 34.9 Å². The van der Waals surface area contributed by atoms with Crippen LogP contribution < -0.4 is 11.5 Å². The maximum atomic E-state index is 11.9. The molecule has 0 saturated heterocycles. The lowest BCUT2D eigenvalue weighted by molar-refractivity contribution is 0.100. The average Bonchev–Trinajstić information content (AvgIpc) is 2.26. The number of aryl methyl sites for hydroxylation is 1. The quantitative estimate of drug-likeness (QED) is 0.563. The highest BCUT2D eigenvalue weighted by atomic mass is 32.2. The molecule has 1 aromatic rings. The predicted molar refractivity (Wildman–Crippen MR) is 72.4 cm³/mol. The van der Waals surface area contributed by atoms with E-state index in [1.165, 1.54) is 6.07 Å². The van der Waals surface area contributed by atoms with Crippen LogP contribution >= 0.6 is 0 Å². The van der Waals surface area contributed by atoms with Gasteiger partial charge >= 0.3 is 0 Å². The van der Waals surface area contributed by atoms with Gasteiger partial charge in [-0.05, 0) is 30.2 Å². The molecule has 100 valence electrons. The van der Waals surface area contributed by atoms with Gasteiger partial charge in [0.25, 0.3) is 5.91 Å². The number of rotatable bonds is 1. The van der Waals surface area contributed by atoms with Crippen molar-refractivity contribution in [3.8, 4) is 0 Å². The summed E-state index contributed by atoms with van der Waals surface area (Å²) in [6.07, 6.45) is 3.30. The van der Waals surface area contributed by atoms with Crippen molar-refractivity contribution in [1.82, 2.24) is 0 Å². The standard InChI is InChI=1S/C12H13N3O3S/c1-7-5-8-3-2-4-19(17,18)10(8)6-9(7)11(16)15-12(13)14/h2-3,5-6H,4H2,1H3,(H4,13,14,15,16). The molecule has 0 unspecified atom stereocenters. The second kappa shape index (κ2) is 4.51. The first-order valence-electron chi connectivity index (χ1n) is 5.49. The molecule has 0 saturated carbocycles. The van der Waals surface area contributed by atoms with Gasteiger partial charge in [-0.1, -0.05) is 12.2 Å². The molecule has 1 aliphatic heterocycles. The SMILES string of the molecule is Cc1cc2c(cc1C(=O)N=C(N)N)S(=O)(=O)CC=C2. The second-order valence-electron chi connectivity index (χ2n) is 4.23. The fraction of sp³-hybridized carbons (Fsp3) is 0.167. The third kappa shape index (κ3) is 2.50. The Morgan fingerprint density at radius 1 is 1.32 bits per heavy atom. The molecule has 1 aliphatic rings. The van der Waals surface area contributed by atoms with Gasteiger partial charge in [0.1, 0.15) is 0 Å². The van der Waals surface area contributed by atoms with Crippen LogP contribution in [0.1, 0.15) is 21.5 Å². The van der Waals surface area contributed by atoms with E-state index in [2.05, 4.69) is 4.99 Å². The minimum atomic E-state index is -3.39. The smallest absolute Gasteiger partial charge is 0.280 e. The van der Waals surface area contributed by atoms with Gasteiger partial charge in [0.2, 0.25) is 0 Å². The number of hydrogen-bond acceptors (Lipinski definition) is 3. The zero-order valence-electron chi connectivity index (χ0n) is 10.3. The lowest BCUT2D eigenvalue weighted by atomic mass is 10.0. The number of nitrogens with two attached hydrogens (primary N) is 2. The lowest BCUT2D eigenvalue weighted by Gasteiger charge is -2.14. The highest BCUT2D eigenvalue weighted by molar-refractivity contribution is 7.91. The summed E-state index contributed by atoms with van der Waals surface area (Å²) in [5.41, 5.74) is 11.7. The molecule has 0 bridgehead atoms. The summed E-state index contributed by atoms with van der Waals surface area (Å²) in [6, 6.07) is 2.97. The first kappa shape index (κ1) is 13.3. The molecule has 0 fully saturated rings. The largest absolute Gasteiger partial charge is 0.370 e. The Kier molecular flexibility index (Phi) is 3.15. The Hall–Kier alpha value is -2.15. The second-order valence-corrected chi connectivity index (χ2v) is 6.23. The first-order valence-corrected chi connectivity index (χ1v) is 7.14. The molecule has 1 heterocycles. The van der Waals surface area contributed by atoms with E-state index in [1.54, 1.807) is 25.1 Å². The van der Waals surface area contributed by atoms with Gasteiger partial charge in [-0.3, -0.25) is 4.79 Å². The van der Waals surface area contributed by atoms with Gasteiger partial charge in [-0.15, -0.1) is 0 Å². The number of hydrogen-bond donors (Lipinski definition) is 2. The van der Waals surface area contributed by atoms with E-state index >= 15 is 0 Å². The maximum Gasteiger partial charge on any atom is 0.280 e. The van der Waals surface area contributed by atoms with Crippen LogP contribution in [0.3, 0.4) is 0 Å². The van der Waals surface area contributed by atoms with Crippen molar-refractivity contribution in [2.45, 2.75) is 11.8 Å². The Bertz CT molecular complexity index is 714. The summed E-state index contributed by atoms with van der Waals surface area (Å²) in [4.78, 5) is 15.4. The number of guanidine groups is 1. The van der Waals surface area contributed by atoms with Crippen LogP contribution in [0.25, 0.3) is 6.08 Å². The Morgan fingerprint density at radius 2 is 2.00 bits per heavy atom. The molecular formula is C12H13N3O3S. The van der Waals surface area contributed by atoms with Crippen molar-refractivity contribution >= 4 is 27.8 Å². The molecule has 0 radical (unpaired) electrons. The number of carbonyl (C=O) groups excluding carboxylic acids is 1. The van der Waals surface area contributed by atoms with Crippen LogP contribution in [0.2, 0.25) is 0 Å². The molecule has 1 amide bonds. The number of aliphatic imine (C=N–C) groups is 1. The zero-order chi connectivity index (χ0) is 14.2. The highest BCUT2D eigenvalue weighted by Crippen LogP contribution is 2.27. The van der Waals surface area contributed by atoms with Gasteiger partial charge < -0.3 is 11.5 Å². The van der Waals surface area contributed by atoms with Gasteiger partial charge in [0.05, 0.1) is 10.6 Å². The van der Waals surface area contributed by atoms with E-state index in [1.807, 2.05) is 0 Å². The fourth-order valence-electron chi connectivity index (χ4n) is 1.91. The summed E-state index contributed by atoms with van der Waals surface area (Å²) in [7, 11) is -3.39. The van der Waals surface area contributed by atoms with Gasteiger partial charge in [-0.2, -0.15) is 4.99 Å². The molecule has 7 heteroatoms. The van der Waals surface area contributed by atoms with E-state index in [9.17, 15) is 13.2 Å². The topological polar surface area (TPSA) is 116 Å². The predicted octanol–water partition coefficient (Wildman–Crippen LogP) is 0.209. The van der Waals surface area contributed by atoms with E-state index in [-0.39, 0.29) is 22.2 Å². The summed E-state index contributed by atoms with van der Waals surface area (Å²) in [5, 5.41) is 0. The van der Waals surface area contributed by atoms with Gasteiger partial charge in [-0.25, -0.2) is 8.42 Å². The number of nitrogens with zero attached hydrogens (tertiary/aromatic N) is 1. The van der Waals surface area contributed by atoms with Crippen LogP contribution in [0.5, 0.6) is 0 Å². The van der Waals surface area contributed by atoms with E-state index < -0.39 is 15.7 Å². The molecule has 0 aliphatic carbocycles. The Balaban J connectivity index is 2.64. The molecule has 0 spiro atoms. The molecular weight excluding hydrogens is 266 g/mol.